The topological polar surface area (TPSA) is 78.5 Å². The second-order valence-corrected chi connectivity index (χ2v) is 6.61. The van der Waals surface area contributed by atoms with Crippen LogP contribution in [-0.2, 0) is 10.3 Å². The molecule has 3 rings (SSSR count). The van der Waals surface area contributed by atoms with Gasteiger partial charge in [-0.25, -0.2) is 4.79 Å². The molecule has 2 aromatic rings. The van der Waals surface area contributed by atoms with E-state index in [1.807, 2.05) is 12.3 Å². The molecule has 128 valence electrons. The van der Waals surface area contributed by atoms with Crippen LogP contribution in [0.4, 0.5) is 4.79 Å². The van der Waals surface area contributed by atoms with Crippen molar-refractivity contribution in [2.45, 2.75) is 17.4 Å². The van der Waals surface area contributed by atoms with Gasteiger partial charge in [-0.15, -0.1) is 11.8 Å². The number of amides is 4. The highest BCUT2D eigenvalue weighted by Gasteiger charge is 2.50. The van der Waals surface area contributed by atoms with E-state index in [4.69, 9.17) is 0 Å². The molecule has 0 spiro atoms. The first-order chi connectivity index (χ1) is 12.0. The summed E-state index contributed by atoms with van der Waals surface area (Å²) in [5.74, 6) is -1.05. The molecular formula is C18H17N3O3S. The Morgan fingerprint density at radius 1 is 1.08 bits per heavy atom. The molecule has 2 N–H and O–H groups in total. The Kier molecular flexibility index (Phi) is 4.50. The fourth-order valence-electron chi connectivity index (χ4n) is 2.62. The molecule has 0 saturated carbocycles. The summed E-state index contributed by atoms with van der Waals surface area (Å²) in [6, 6.07) is 15.2. The van der Waals surface area contributed by atoms with E-state index in [0.717, 1.165) is 9.90 Å². The normalized spacial score (nSPS) is 19.7. The molecule has 0 aromatic heterocycles. The first kappa shape index (κ1) is 17.0. The van der Waals surface area contributed by atoms with Gasteiger partial charge in [0.15, 0.2) is 0 Å². The van der Waals surface area contributed by atoms with Crippen LogP contribution in [0.25, 0.3) is 0 Å². The van der Waals surface area contributed by atoms with Gasteiger partial charge in [0.25, 0.3) is 11.8 Å². The average molecular weight is 355 g/mol. The van der Waals surface area contributed by atoms with E-state index in [0.29, 0.717) is 11.1 Å². The van der Waals surface area contributed by atoms with Crippen LogP contribution in [0.15, 0.2) is 59.5 Å². The van der Waals surface area contributed by atoms with E-state index in [2.05, 4.69) is 10.7 Å². The fraction of sp³-hybridized carbons (Fsp3) is 0.167. The van der Waals surface area contributed by atoms with Crippen LogP contribution in [0.5, 0.6) is 0 Å². The Morgan fingerprint density at radius 3 is 2.32 bits per heavy atom. The van der Waals surface area contributed by atoms with Crippen molar-refractivity contribution < 1.29 is 14.4 Å². The SMILES string of the molecule is CSc1ccc(C(=O)NN2C(=O)N[C@](C)(c3ccccc3)C2=O)cc1. The highest BCUT2D eigenvalue weighted by molar-refractivity contribution is 7.98. The Labute approximate surface area is 149 Å². The highest BCUT2D eigenvalue weighted by atomic mass is 32.2. The van der Waals surface area contributed by atoms with Crippen LogP contribution in [0.3, 0.4) is 0 Å². The van der Waals surface area contributed by atoms with Gasteiger partial charge in [0.1, 0.15) is 5.54 Å². The molecule has 7 heteroatoms. The molecule has 0 aliphatic carbocycles. The molecule has 4 amide bonds. The first-order valence-corrected chi connectivity index (χ1v) is 8.85. The molecule has 25 heavy (non-hydrogen) atoms. The largest absolute Gasteiger partial charge is 0.344 e. The zero-order valence-electron chi connectivity index (χ0n) is 13.8. The van der Waals surface area contributed by atoms with E-state index in [1.165, 1.54) is 0 Å². The zero-order valence-corrected chi connectivity index (χ0v) is 14.6. The molecule has 1 aliphatic rings. The van der Waals surface area contributed by atoms with Crippen molar-refractivity contribution in [2.75, 3.05) is 6.26 Å². The standard InChI is InChI=1S/C18H17N3O3S/c1-18(13-6-4-3-5-7-13)16(23)21(17(24)19-18)20-15(22)12-8-10-14(25-2)11-9-12/h3-11H,1-2H3,(H,19,24)(H,20,22)/t18-/m1/s1. The summed E-state index contributed by atoms with van der Waals surface area (Å²) >= 11 is 1.56. The van der Waals surface area contributed by atoms with Gasteiger partial charge in [-0.05, 0) is 43.0 Å². The van der Waals surface area contributed by atoms with Gasteiger partial charge >= 0.3 is 6.03 Å². The maximum absolute atomic E-state index is 12.7. The van der Waals surface area contributed by atoms with Crippen LogP contribution in [0, 0.1) is 0 Å². The summed E-state index contributed by atoms with van der Waals surface area (Å²) in [5.41, 5.74) is 2.18. The van der Waals surface area contributed by atoms with Crippen LogP contribution in [0.1, 0.15) is 22.8 Å². The molecular weight excluding hydrogens is 338 g/mol. The minimum atomic E-state index is -1.21. The summed E-state index contributed by atoms with van der Waals surface area (Å²) in [4.78, 5) is 38.3. The second-order valence-electron chi connectivity index (χ2n) is 5.73. The van der Waals surface area contributed by atoms with E-state index >= 15 is 0 Å². The van der Waals surface area contributed by atoms with Crippen molar-refractivity contribution in [3.05, 3.63) is 65.7 Å². The number of carbonyl (C=O) groups is 3. The number of hydrazine groups is 1. The maximum atomic E-state index is 12.7. The summed E-state index contributed by atoms with van der Waals surface area (Å²) in [6.45, 7) is 1.61. The highest BCUT2D eigenvalue weighted by Crippen LogP contribution is 2.27. The number of thioether (sulfide) groups is 1. The lowest BCUT2D eigenvalue weighted by Gasteiger charge is -2.22. The Morgan fingerprint density at radius 2 is 1.72 bits per heavy atom. The number of imide groups is 1. The van der Waals surface area contributed by atoms with Gasteiger partial charge in [-0.3, -0.25) is 15.0 Å². The summed E-state index contributed by atoms with van der Waals surface area (Å²) in [7, 11) is 0. The molecule has 0 bridgehead atoms. The van der Waals surface area contributed by atoms with E-state index < -0.39 is 23.4 Å². The Bertz CT molecular complexity index is 823. The van der Waals surface area contributed by atoms with Gasteiger partial charge in [-0.1, -0.05) is 30.3 Å². The fourth-order valence-corrected chi connectivity index (χ4v) is 3.02. The molecule has 1 fully saturated rings. The summed E-state index contributed by atoms with van der Waals surface area (Å²) in [6.07, 6.45) is 1.94. The number of urea groups is 1. The number of nitrogens with zero attached hydrogens (tertiary/aromatic N) is 1. The van der Waals surface area contributed by atoms with Gasteiger partial charge in [0, 0.05) is 10.5 Å². The van der Waals surface area contributed by atoms with Crippen LogP contribution in [0.2, 0.25) is 0 Å². The number of rotatable bonds is 4. The molecule has 1 heterocycles. The summed E-state index contributed by atoms with van der Waals surface area (Å²) < 4.78 is 0. The molecule has 0 unspecified atom stereocenters. The quantitative estimate of drug-likeness (QED) is 0.652. The molecule has 1 saturated heterocycles. The Hall–Kier alpha value is -2.80. The van der Waals surface area contributed by atoms with Crippen molar-refractivity contribution >= 4 is 29.6 Å². The average Bonchev–Trinajstić information content (AvgIpc) is 2.86. The number of nitrogens with one attached hydrogen (secondary N) is 2. The predicted octanol–water partition coefficient (Wildman–Crippen LogP) is 2.52. The van der Waals surface area contributed by atoms with Gasteiger partial charge in [0.05, 0.1) is 0 Å². The van der Waals surface area contributed by atoms with Crippen molar-refractivity contribution in [3.63, 3.8) is 0 Å². The monoisotopic (exact) mass is 355 g/mol. The minimum Gasteiger partial charge on any atom is -0.318 e. The smallest absolute Gasteiger partial charge is 0.318 e. The van der Waals surface area contributed by atoms with E-state index in [1.54, 1.807) is 67.2 Å². The maximum Gasteiger partial charge on any atom is 0.344 e. The number of benzene rings is 2. The Balaban J connectivity index is 1.80. The molecule has 6 nitrogen and oxygen atoms in total. The molecule has 1 aliphatic heterocycles. The predicted molar refractivity (Wildman–Crippen MR) is 94.9 cm³/mol. The third kappa shape index (κ3) is 3.10. The van der Waals surface area contributed by atoms with Gasteiger partial charge < -0.3 is 5.32 Å². The van der Waals surface area contributed by atoms with Gasteiger partial charge in [0.2, 0.25) is 0 Å². The van der Waals surface area contributed by atoms with E-state index in [9.17, 15) is 14.4 Å². The third-order valence-electron chi connectivity index (χ3n) is 4.11. The molecule has 0 radical (unpaired) electrons. The number of carbonyl (C=O) groups excluding carboxylic acids is 3. The van der Waals surface area contributed by atoms with Crippen LogP contribution in [-0.4, -0.2) is 29.1 Å². The van der Waals surface area contributed by atoms with Gasteiger partial charge in [-0.2, -0.15) is 5.01 Å². The molecule has 1 atom stereocenters. The van der Waals surface area contributed by atoms with Crippen LogP contribution >= 0.6 is 11.8 Å². The van der Waals surface area contributed by atoms with Crippen molar-refractivity contribution in [1.29, 1.82) is 0 Å². The van der Waals surface area contributed by atoms with Crippen molar-refractivity contribution in [3.8, 4) is 0 Å². The van der Waals surface area contributed by atoms with E-state index in [-0.39, 0.29) is 0 Å². The second kappa shape index (κ2) is 6.60. The third-order valence-corrected chi connectivity index (χ3v) is 4.85. The van der Waals surface area contributed by atoms with Crippen molar-refractivity contribution in [1.82, 2.24) is 15.8 Å². The van der Waals surface area contributed by atoms with Crippen LogP contribution < -0.4 is 10.7 Å². The van der Waals surface area contributed by atoms with Crippen molar-refractivity contribution in [2.24, 2.45) is 0 Å². The number of hydrogen-bond acceptors (Lipinski definition) is 4. The molecule has 2 aromatic carbocycles. The summed E-state index contributed by atoms with van der Waals surface area (Å²) in [5, 5.41) is 3.37. The first-order valence-electron chi connectivity index (χ1n) is 7.63. The zero-order chi connectivity index (χ0) is 18.0. The lowest BCUT2D eigenvalue weighted by molar-refractivity contribution is -0.132. The number of hydrogen-bond donors (Lipinski definition) is 2. The lowest BCUT2D eigenvalue weighted by atomic mass is 9.92. The lowest BCUT2D eigenvalue weighted by Crippen LogP contribution is -2.47. The minimum absolute atomic E-state index is 0.367.